The summed E-state index contributed by atoms with van der Waals surface area (Å²) >= 11 is 0. The first kappa shape index (κ1) is 15.7. The number of phenols is 1. The zero-order valence-electron chi connectivity index (χ0n) is 13.9. The van der Waals surface area contributed by atoms with E-state index in [-0.39, 0.29) is 6.04 Å². The summed E-state index contributed by atoms with van der Waals surface area (Å²) in [5, 5.41) is 19.8. The van der Waals surface area contributed by atoms with Gasteiger partial charge in [0, 0.05) is 19.1 Å². The van der Waals surface area contributed by atoms with Gasteiger partial charge in [0.15, 0.2) is 0 Å². The molecule has 0 bridgehead atoms. The van der Waals surface area contributed by atoms with Crippen molar-refractivity contribution >= 4 is 11.4 Å². The molecular formula is C19H24N2O2. The lowest BCUT2D eigenvalue weighted by Crippen LogP contribution is -2.51. The first-order chi connectivity index (χ1) is 11.0. The number of aliphatic hydroxyl groups is 1. The van der Waals surface area contributed by atoms with E-state index in [0.717, 1.165) is 30.0 Å². The summed E-state index contributed by atoms with van der Waals surface area (Å²) in [6.45, 7) is 7.50. The van der Waals surface area contributed by atoms with Crippen molar-refractivity contribution in [2.24, 2.45) is 0 Å². The van der Waals surface area contributed by atoms with Crippen molar-refractivity contribution in [2.75, 3.05) is 16.3 Å². The lowest BCUT2D eigenvalue weighted by atomic mass is 10.0. The van der Waals surface area contributed by atoms with Crippen LogP contribution in [0.3, 0.4) is 0 Å². The predicted molar refractivity (Wildman–Crippen MR) is 94.0 cm³/mol. The Hall–Kier alpha value is -2.20. The van der Waals surface area contributed by atoms with Crippen LogP contribution in [0.4, 0.5) is 11.4 Å². The van der Waals surface area contributed by atoms with E-state index in [2.05, 4.69) is 28.9 Å². The molecule has 0 saturated carbocycles. The summed E-state index contributed by atoms with van der Waals surface area (Å²) in [5.41, 5.74) is 4.27. The average molecular weight is 312 g/mol. The van der Waals surface area contributed by atoms with E-state index in [1.165, 1.54) is 5.56 Å². The lowest BCUT2D eigenvalue weighted by molar-refractivity contribution is 0.177. The summed E-state index contributed by atoms with van der Waals surface area (Å²) in [5.74, 6) is 0.335. The maximum absolute atomic E-state index is 10.1. The number of hydrogen-bond donors (Lipinski definition) is 2. The van der Waals surface area contributed by atoms with Crippen LogP contribution in [0.25, 0.3) is 0 Å². The topological polar surface area (TPSA) is 46.9 Å². The van der Waals surface area contributed by atoms with Crippen LogP contribution >= 0.6 is 0 Å². The number of phenolic OH excluding ortho intramolecular Hbond substituents is 1. The second kappa shape index (κ2) is 6.13. The normalized spacial score (nSPS) is 18.7. The molecule has 1 aliphatic rings. The van der Waals surface area contributed by atoms with Gasteiger partial charge in [0.25, 0.3) is 0 Å². The maximum atomic E-state index is 10.1. The first-order valence-corrected chi connectivity index (χ1v) is 8.06. The molecule has 4 heteroatoms. The van der Waals surface area contributed by atoms with Crippen LogP contribution in [0.2, 0.25) is 0 Å². The number of aromatic hydroxyl groups is 1. The van der Waals surface area contributed by atoms with Crippen LogP contribution in [-0.2, 0) is 6.54 Å². The maximum Gasteiger partial charge on any atom is 0.124 e. The van der Waals surface area contributed by atoms with Crippen LogP contribution in [-0.4, -0.2) is 29.0 Å². The van der Waals surface area contributed by atoms with Gasteiger partial charge in [0.1, 0.15) is 12.0 Å². The Morgan fingerprint density at radius 1 is 1.17 bits per heavy atom. The highest BCUT2D eigenvalue weighted by molar-refractivity contribution is 5.74. The van der Waals surface area contributed by atoms with E-state index in [9.17, 15) is 10.2 Å². The zero-order chi connectivity index (χ0) is 16.6. The largest absolute Gasteiger partial charge is 0.508 e. The summed E-state index contributed by atoms with van der Waals surface area (Å²) < 4.78 is 0. The summed E-state index contributed by atoms with van der Waals surface area (Å²) in [6, 6.07) is 14.2. The van der Waals surface area contributed by atoms with Gasteiger partial charge in [-0.1, -0.05) is 24.3 Å². The summed E-state index contributed by atoms with van der Waals surface area (Å²) in [4.78, 5) is 4.40. The molecule has 122 valence electrons. The van der Waals surface area contributed by atoms with E-state index >= 15 is 0 Å². The molecule has 23 heavy (non-hydrogen) atoms. The SMILES string of the molecule is Cc1cc(CN2C[C@H](C)N(C(C)O)c3ccccc32)ccc1O. The molecule has 0 fully saturated rings. The monoisotopic (exact) mass is 312 g/mol. The highest BCUT2D eigenvalue weighted by Crippen LogP contribution is 2.37. The van der Waals surface area contributed by atoms with Crippen LogP contribution in [0.5, 0.6) is 5.75 Å². The van der Waals surface area contributed by atoms with Crippen LogP contribution in [0.1, 0.15) is 25.0 Å². The Bertz CT molecular complexity index is 700. The van der Waals surface area contributed by atoms with Gasteiger partial charge >= 0.3 is 0 Å². The molecule has 1 heterocycles. The van der Waals surface area contributed by atoms with Gasteiger partial charge in [-0.3, -0.25) is 0 Å². The molecule has 0 aromatic heterocycles. The quantitative estimate of drug-likeness (QED) is 0.913. The lowest BCUT2D eigenvalue weighted by Gasteiger charge is -2.44. The van der Waals surface area contributed by atoms with Crippen molar-refractivity contribution in [3.63, 3.8) is 0 Å². The van der Waals surface area contributed by atoms with E-state index in [4.69, 9.17) is 0 Å². The number of anilines is 2. The Morgan fingerprint density at radius 2 is 1.87 bits per heavy atom. The molecular weight excluding hydrogens is 288 g/mol. The molecule has 3 rings (SSSR count). The van der Waals surface area contributed by atoms with E-state index in [0.29, 0.717) is 5.75 Å². The highest BCUT2D eigenvalue weighted by atomic mass is 16.3. The third-order valence-electron chi connectivity index (χ3n) is 4.50. The minimum absolute atomic E-state index is 0.225. The van der Waals surface area contributed by atoms with Crippen molar-refractivity contribution in [3.8, 4) is 5.75 Å². The van der Waals surface area contributed by atoms with Gasteiger partial charge in [0.2, 0.25) is 0 Å². The fourth-order valence-electron chi connectivity index (χ4n) is 3.45. The number of benzene rings is 2. The van der Waals surface area contributed by atoms with Crippen LogP contribution in [0.15, 0.2) is 42.5 Å². The molecule has 1 unspecified atom stereocenters. The van der Waals surface area contributed by atoms with Gasteiger partial charge < -0.3 is 20.0 Å². The molecule has 1 aliphatic heterocycles. The second-order valence-corrected chi connectivity index (χ2v) is 6.38. The smallest absolute Gasteiger partial charge is 0.124 e. The molecule has 2 N–H and O–H groups in total. The number of aryl methyl sites for hydroxylation is 1. The molecule has 2 atom stereocenters. The number of fused-ring (bicyclic) bond motifs is 1. The van der Waals surface area contributed by atoms with Crippen molar-refractivity contribution in [2.45, 2.75) is 39.6 Å². The third kappa shape index (κ3) is 2.99. The molecule has 2 aromatic rings. The predicted octanol–water partition coefficient (Wildman–Crippen LogP) is 3.25. The van der Waals surface area contributed by atoms with Crippen LogP contribution < -0.4 is 9.80 Å². The Kier molecular flexibility index (Phi) is 4.18. The molecule has 0 saturated heterocycles. The molecule has 0 aliphatic carbocycles. The van der Waals surface area contributed by atoms with Gasteiger partial charge in [0.05, 0.1) is 11.4 Å². The van der Waals surface area contributed by atoms with Crippen molar-refractivity contribution in [1.29, 1.82) is 0 Å². The molecule has 4 nitrogen and oxygen atoms in total. The molecule has 0 amide bonds. The Balaban J connectivity index is 1.94. The van der Waals surface area contributed by atoms with Gasteiger partial charge in [-0.05, 0) is 50.1 Å². The number of para-hydroxylation sites is 2. The fraction of sp³-hybridized carbons (Fsp3) is 0.368. The number of nitrogens with zero attached hydrogens (tertiary/aromatic N) is 2. The Labute approximate surface area is 137 Å². The van der Waals surface area contributed by atoms with Crippen LogP contribution in [0, 0.1) is 6.92 Å². The van der Waals surface area contributed by atoms with E-state index < -0.39 is 6.23 Å². The van der Waals surface area contributed by atoms with Gasteiger partial charge in [-0.25, -0.2) is 0 Å². The second-order valence-electron chi connectivity index (χ2n) is 6.38. The summed E-state index contributed by atoms with van der Waals surface area (Å²) in [6.07, 6.45) is -0.510. The third-order valence-corrected chi connectivity index (χ3v) is 4.50. The molecule has 0 spiro atoms. The highest BCUT2D eigenvalue weighted by Gasteiger charge is 2.30. The number of rotatable bonds is 3. The van der Waals surface area contributed by atoms with E-state index in [1.807, 2.05) is 38.1 Å². The minimum atomic E-state index is -0.510. The standard InChI is InChI=1S/C19H24N2O2/c1-13-10-16(8-9-19(13)23)12-20-11-14(2)21(15(3)22)18-7-5-4-6-17(18)20/h4-10,14-15,22-23H,11-12H2,1-3H3/t14-,15?/m0/s1. The summed E-state index contributed by atoms with van der Waals surface area (Å²) in [7, 11) is 0. The number of hydrogen-bond acceptors (Lipinski definition) is 4. The van der Waals surface area contributed by atoms with Crippen molar-refractivity contribution in [3.05, 3.63) is 53.6 Å². The van der Waals surface area contributed by atoms with Crippen molar-refractivity contribution in [1.82, 2.24) is 0 Å². The zero-order valence-corrected chi connectivity index (χ0v) is 13.9. The fourth-order valence-corrected chi connectivity index (χ4v) is 3.45. The number of aliphatic hydroxyl groups excluding tert-OH is 1. The average Bonchev–Trinajstić information content (AvgIpc) is 2.50. The van der Waals surface area contributed by atoms with Gasteiger partial charge in [-0.15, -0.1) is 0 Å². The Morgan fingerprint density at radius 3 is 2.52 bits per heavy atom. The van der Waals surface area contributed by atoms with E-state index in [1.54, 1.807) is 6.07 Å². The first-order valence-electron chi connectivity index (χ1n) is 8.06. The van der Waals surface area contributed by atoms with Crippen molar-refractivity contribution < 1.29 is 10.2 Å². The molecule has 2 aromatic carbocycles. The minimum Gasteiger partial charge on any atom is -0.508 e. The molecule has 0 radical (unpaired) electrons. The van der Waals surface area contributed by atoms with Gasteiger partial charge in [-0.2, -0.15) is 0 Å².